The van der Waals surface area contributed by atoms with Crippen LogP contribution in [0.2, 0.25) is 0 Å². The molecule has 0 radical (unpaired) electrons. The van der Waals surface area contributed by atoms with Gasteiger partial charge in [0.1, 0.15) is 0 Å². The second kappa shape index (κ2) is 13.5. The molecule has 4 heterocycles. The Hall–Kier alpha value is -5.23. The minimum Gasteiger partial charge on any atom is -0.481 e. The van der Waals surface area contributed by atoms with Gasteiger partial charge in [0.2, 0.25) is 11.8 Å². The van der Waals surface area contributed by atoms with Gasteiger partial charge in [0.05, 0.1) is 25.0 Å². The predicted octanol–water partition coefficient (Wildman–Crippen LogP) is 4.77. The SMILES string of the molecule is COc1nc(-c2cccc(-c3cccc(NC(=O)c4nc5c(n4C)CCN(C(=O)O)C5)c3C)c2C)ccc1CN1CC[C@@H](NC(C)=O)C1. The summed E-state index contributed by atoms with van der Waals surface area (Å²) in [4.78, 5) is 49.5. The maximum absolute atomic E-state index is 13.5. The van der Waals surface area contributed by atoms with Crippen LogP contribution in [-0.4, -0.2) is 80.1 Å². The molecule has 3 N–H and O–H groups in total. The van der Waals surface area contributed by atoms with E-state index in [-0.39, 0.29) is 30.2 Å². The van der Waals surface area contributed by atoms with E-state index in [1.807, 2.05) is 43.3 Å². The highest BCUT2D eigenvalue weighted by Crippen LogP contribution is 2.36. The van der Waals surface area contributed by atoms with Crippen molar-refractivity contribution in [1.29, 1.82) is 0 Å². The molecule has 1 fully saturated rings. The van der Waals surface area contributed by atoms with E-state index in [2.05, 4.69) is 39.6 Å². The molecule has 12 nitrogen and oxygen atoms in total. The molecular weight excluding hydrogens is 610 g/mol. The van der Waals surface area contributed by atoms with E-state index in [1.54, 1.807) is 25.6 Å². The number of methoxy groups -OCH3 is 1. The fourth-order valence-corrected chi connectivity index (χ4v) is 6.88. The molecule has 1 atom stereocenters. The molecule has 2 aliphatic heterocycles. The van der Waals surface area contributed by atoms with Crippen LogP contribution in [0.3, 0.4) is 0 Å². The van der Waals surface area contributed by atoms with Crippen LogP contribution in [0.4, 0.5) is 10.5 Å². The van der Waals surface area contributed by atoms with Crippen LogP contribution in [-0.2, 0) is 31.4 Å². The quantitative estimate of drug-likeness (QED) is 0.247. The molecule has 1 saturated heterocycles. The average Bonchev–Trinajstić information content (AvgIpc) is 3.64. The molecule has 2 aromatic heterocycles. The van der Waals surface area contributed by atoms with Crippen molar-refractivity contribution in [3.63, 3.8) is 0 Å². The van der Waals surface area contributed by atoms with Crippen LogP contribution < -0.4 is 15.4 Å². The van der Waals surface area contributed by atoms with Gasteiger partial charge in [0.15, 0.2) is 5.82 Å². The summed E-state index contributed by atoms with van der Waals surface area (Å²) in [5.41, 5.74) is 8.88. The molecule has 2 aliphatic rings. The number of fused-ring (bicyclic) bond motifs is 1. The maximum Gasteiger partial charge on any atom is 0.407 e. The van der Waals surface area contributed by atoms with Crippen molar-refractivity contribution in [2.45, 2.75) is 52.7 Å². The topological polar surface area (TPSA) is 142 Å². The third-order valence-electron chi connectivity index (χ3n) is 9.42. The van der Waals surface area contributed by atoms with Crippen LogP contribution >= 0.6 is 0 Å². The Morgan fingerprint density at radius 2 is 1.71 bits per heavy atom. The zero-order chi connectivity index (χ0) is 34.1. The molecule has 0 bridgehead atoms. The van der Waals surface area contributed by atoms with E-state index < -0.39 is 6.09 Å². The zero-order valence-corrected chi connectivity index (χ0v) is 28.0. The average molecular weight is 652 g/mol. The third-order valence-corrected chi connectivity index (χ3v) is 9.42. The zero-order valence-electron chi connectivity index (χ0n) is 28.0. The normalized spacial score (nSPS) is 16.0. The van der Waals surface area contributed by atoms with E-state index >= 15 is 0 Å². The number of hydrogen-bond donors (Lipinski definition) is 3. The molecule has 0 aliphatic carbocycles. The fraction of sp³-hybridized carbons (Fsp3) is 0.361. The first kappa shape index (κ1) is 32.7. The van der Waals surface area contributed by atoms with Crippen molar-refractivity contribution >= 4 is 23.6 Å². The number of hydrogen-bond acceptors (Lipinski definition) is 7. The van der Waals surface area contributed by atoms with Crippen molar-refractivity contribution in [2.24, 2.45) is 7.05 Å². The second-order valence-corrected chi connectivity index (χ2v) is 12.5. The standard InChI is InChI=1S/C36H41N7O5/c1-21-26(8-6-10-28(21)30-13-12-24(35(40-30)48-5)18-42-16-14-25(19-42)37-23(3)44)27-9-7-11-29(22(27)2)39-34(45)33-38-31-20-43(36(46)47)17-15-32(31)41(33)4/h6-13,25H,14-20H2,1-5H3,(H,37,44)(H,39,45)(H,46,47)/t25-/m1/s1. The van der Waals surface area contributed by atoms with E-state index in [4.69, 9.17) is 9.72 Å². The van der Waals surface area contributed by atoms with Crippen LogP contribution in [0.25, 0.3) is 22.4 Å². The molecule has 250 valence electrons. The Bertz CT molecular complexity index is 1900. The number of carboxylic acid groups (broad SMARTS) is 1. The van der Waals surface area contributed by atoms with E-state index in [0.29, 0.717) is 36.8 Å². The number of aromatic nitrogens is 3. The first-order valence-electron chi connectivity index (χ1n) is 16.1. The molecule has 3 amide bonds. The number of pyridine rings is 1. The summed E-state index contributed by atoms with van der Waals surface area (Å²) >= 11 is 0. The summed E-state index contributed by atoms with van der Waals surface area (Å²) in [7, 11) is 3.43. The Kier molecular flexibility index (Phi) is 9.18. The predicted molar refractivity (Wildman–Crippen MR) is 182 cm³/mol. The smallest absolute Gasteiger partial charge is 0.407 e. The maximum atomic E-state index is 13.5. The van der Waals surface area contributed by atoms with Crippen molar-refractivity contribution < 1.29 is 24.2 Å². The van der Waals surface area contributed by atoms with Gasteiger partial charge in [0.25, 0.3) is 5.91 Å². The highest BCUT2D eigenvalue weighted by Gasteiger charge is 2.28. The summed E-state index contributed by atoms with van der Waals surface area (Å²) in [6.07, 6.45) is 0.430. The summed E-state index contributed by atoms with van der Waals surface area (Å²) in [6, 6.07) is 16.2. The molecule has 12 heteroatoms. The molecule has 6 rings (SSSR count). The van der Waals surface area contributed by atoms with Crippen LogP contribution in [0.15, 0.2) is 48.5 Å². The number of anilines is 1. The Morgan fingerprint density at radius 1 is 0.979 bits per heavy atom. The van der Waals surface area contributed by atoms with Crippen molar-refractivity contribution in [3.8, 4) is 28.3 Å². The molecule has 2 aromatic carbocycles. The van der Waals surface area contributed by atoms with Gasteiger partial charge in [0, 0.05) is 75.1 Å². The number of carbonyl (C=O) groups excluding carboxylic acids is 2. The molecule has 0 saturated carbocycles. The Morgan fingerprint density at radius 3 is 2.44 bits per heavy atom. The van der Waals surface area contributed by atoms with Gasteiger partial charge >= 0.3 is 6.09 Å². The summed E-state index contributed by atoms with van der Waals surface area (Å²) in [5, 5.41) is 15.5. The Labute approximate surface area is 279 Å². The lowest BCUT2D eigenvalue weighted by molar-refractivity contribution is -0.119. The highest BCUT2D eigenvalue weighted by atomic mass is 16.5. The van der Waals surface area contributed by atoms with Gasteiger partial charge in [-0.3, -0.25) is 14.5 Å². The second-order valence-electron chi connectivity index (χ2n) is 12.5. The Balaban J connectivity index is 1.23. The van der Waals surface area contributed by atoms with Gasteiger partial charge in [-0.25, -0.2) is 14.8 Å². The highest BCUT2D eigenvalue weighted by molar-refractivity contribution is 6.03. The van der Waals surface area contributed by atoms with Gasteiger partial charge in [-0.2, -0.15) is 0 Å². The van der Waals surface area contributed by atoms with Crippen LogP contribution in [0.5, 0.6) is 5.88 Å². The first-order chi connectivity index (χ1) is 23.0. The lowest BCUT2D eigenvalue weighted by atomic mass is 9.91. The number of rotatable bonds is 8. The number of imidazole rings is 1. The van der Waals surface area contributed by atoms with E-state index in [1.165, 1.54) is 4.90 Å². The summed E-state index contributed by atoms with van der Waals surface area (Å²) in [5.74, 6) is 0.466. The number of carbonyl (C=O) groups is 3. The molecule has 0 spiro atoms. The monoisotopic (exact) mass is 651 g/mol. The van der Waals surface area contributed by atoms with Crippen molar-refractivity contribution in [3.05, 3.63) is 82.4 Å². The number of amides is 3. The van der Waals surface area contributed by atoms with Gasteiger partial charge < -0.3 is 29.9 Å². The molecule has 48 heavy (non-hydrogen) atoms. The van der Waals surface area contributed by atoms with E-state index in [0.717, 1.165) is 64.3 Å². The molecule has 0 unspecified atom stereocenters. The lowest BCUT2D eigenvalue weighted by Crippen LogP contribution is -2.35. The largest absolute Gasteiger partial charge is 0.481 e. The lowest BCUT2D eigenvalue weighted by Gasteiger charge is -2.23. The fourth-order valence-electron chi connectivity index (χ4n) is 6.88. The molecule has 4 aromatic rings. The number of nitrogens with one attached hydrogen (secondary N) is 2. The minimum atomic E-state index is -0.993. The van der Waals surface area contributed by atoms with Crippen LogP contribution in [0.1, 0.15) is 52.0 Å². The van der Waals surface area contributed by atoms with Crippen molar-refractivity contribution in [1.82, 2.24) is 29.7 Å². The van der Waals surface area contributed by atoms with Gasteiger partial charge in [-0.05, 0) is 54.7 Å². The number of benzene rings is 2. The van der Waals surface area contributed by atoms with Gasteiger partial charge in [-0.1, -0.05) is 36.4 Å². The van der Waals surface area contributed by atoms with E-state index in [9.17, 15) is 19.5 Å². The number of nitrogens with zero attached hydrogens (tertiary/aromatic N) is 5. The minimum absolute atomic E-state index is 0.00512. The summed E-state index contributed by atoms with van der Waals surface area (Å²) in [6.45, 7) is 8.51. The number of ether oxygens (including phenoxy) is 1. The van der Waals surface area contributed by atoms with Crippen molar-refractivity contribution in [2.75, 3.05) is 32.1 Å². The molecular formula is C36H41N7O5. The third kappa shape index (κ3) is 6.48. The number of likely N-dealkylation sites (tertiary alicyclic amines) is 1. The summed E-state index contributed by atoms with van der Waals surface area (Å²) < 4.78 is 7.50. The first-order valence-corrected chi connectivity index (χ1v) is 16.1. The van der Waals surface area contributed by atoms with Crippen LogP contribution in [0, 0.1) is 13.8 Å². The van der Waals surface area contributed by atoms with Gasteiger partial charge in [-0.15, -0.1) is 0 Å².